The molecule has 0 aliphatic carbocycles. The summed E-state index contributed by atoms with van der Waals surface area (Å²) >= 11 is 0. The van der Waals surface area contributed by atoms with Crippen molar-refractivity contribution in [3.05, 3.63) is 29.8 Å². The SMILES string of the molecule is COC(=O)C[C@H](NC(=O)c1ccc(N(C)C)cc1)C(=O)O. The second-order valence-corrected chi connectivity index (χ2v) is 4.59. The zero-order valence-corrected chi connectivity index (χ0v) is 12.1. The van der Waals surface area contributed by atoms with Crippen LogP contribution in [0, 0.1) is 0 Å². The molecule has 1 aromatic carbocycles. The first-order chi connectivity index (χ1) is 9.85. The maximum Gasteiger partial charge on any atom is 0.326 e. The molecule has 0 aromatic heterocycles. The molecule has 114 valence electrons. The zero-order valence-electron chi connectivity index (χ0n) is 12.1. The fourth-order valence-electron chi connectivity index (χ4n) is 1.60. The second-order valence-electron chi connectivity index (χ2n) is 4.59. The molecule has 7 nitrogen and oxygen atoms in total. The van der Waals surface area contributed by atoms with Crippen LogP contribution in [0.5, 0.6) is 0 Å². The molecule has 2 N–H and O–H groups in total. The van der Waals surface area contributed by atoms with E-state index in [4.69, 9.17) is 5.11 Å². The molecule has 0 radical (unpaired) electrons. The van der Waals surface area contributed by atoms with Crippen molar-refractivity contribution in [2.45, 2.75) is 12.5 Å². The molecular weight excluding hydrogens is 276 g/mol. The van der Waals surface area contributed by atoms with Gasteiger partial charge in [0.2, 0.25) is 0 Å². The predicted octanol–water partition coefficient (Wildman–Crippen LogP) is 0.499. The summed E-state index contributed by atoms with van der Waals surface area (Å²) in [6.45, 7) is 0. The number of rotatable bonds is 6. The van der Waals surface area contributed by atoms with E-state index in [0.717, 1.165) is 12.8 Å². The molecule has 1 aromatic rings. The molecule has 1 rings (SSSR count). The van der Waals surface area contributed by atoms with Crippen molar-refractivity contribution < 1.29 is 24.2 Å². The third kappa shape index (κ3) is 4.79. The summed E-state index contributed by atoms with van der Waals surface area (Å²) < 4.78 is 4.40. The number of benzene rings is 1. The van der Waals surface area contributed by atoms with Gasteiger partial charge in [-0.05, 0) is 24.3 Å². The number of carboxylic acid groups (broad SMARTS) is 1. The lowest BCUT2D eigenvalue weighted by atomic mass is 10.1. The van der Waals surface area contributed by atoms with Crippen LogP contribution in [0.4, 0.5) is 5.69 Å². The van der Waals surface area contributed by atoms with Crippen molar-refractivity contribution in [3.63, 3.8) is 0 Å². The molecular formula is C14H18N2O5. The Labute approximate surface area is 122 Å². The smallest absolute Gasteiger partial charge is 0.326 e. The number of esters is 1. The van der Waals surface area contributed by atoms with Crippen LogP contribution in [0.2, 0.25) is 0 Å². The van der Waals surface area contributed by atoms with E-state index in [9.17, 15) is 14.4 Å². The minimum Gasteiger partial charge on any atom is -0.480 e. The van der Waals surface area contributed by atoms with Gasteiger partial charge in [0.25, 0.3) is 5.91 Å². The highest BCUT2D eigenvalue weighted by atomic mass is 16.5. The van der Waals surface area contributed by atoms with Crippen LogP contribution in [-0.4, -0.2) is 50.2 Å². The van der Waals surface area contributed by atoms with Crippen LogP contribution in [-0.2, 0) is 14.3 Å². The summed E-state index contributed by atoms with van der Waals surface area (Å²) in [5.74, 6) is -2.55. The molecule has 0 saturated carbocycles. The van der Waals surface area contributed by atoms with Crippen molar-refractivity contribution in [2.24, 2.45) is 0 Å². The lowest BCUT2D eigenvalue weighted by molar-refractivity contribution is -0.147. The molecule has 0 fully saturated rings. The van der Waals surface area contributed by atoms with Crippen LogP contribution >= 0.6 is 0 Å². The molecule has 1 amide bonds. The van der Waals surface area contributed by atoms with Crippen molar-refractivity contribution in [1.82, 2.24) is 5.32 Å². The summed E-state index contributed by atoms with van der Waals surface area (Å²) in [6, 6.07) is 5.33. The maximum absolute atomic E-state index is 12.0. The van der Waals surface area contributed by atoms with Gasteiger partial charge >= 0.3 is 11.9 Å². The van der Waals surface area contributed by atoms with Gasteiger partial charge in [-0.15, -0.1) is 0 Å². The fraction of sp³-hybridized carbons (Fsp3) is 0.357. The van der Waals surface area contributed by atoms with E-state index < -0.39 is 30.3 Å². The van der Waals surface area contributed by atoms with Gasteiger partial charge in [-0.2, -0.15) is 0 Å². The van der Waals surface area contributed by atoms with E-state index in [1.807, 2.05) is 19.0 Å². The van der Waals surface area contributed by atoms with Gasteiger partial charge < -0.3 is 20.1 Å². The van der Waals surface area contributed by atoms with Crippen molar-refractivity contribution in [2.75, 3.05) is 26.1 Å². The third-order valence-corrected chi connectivity index (χ3v) is 2.85. The zero-order chi connectivity index (χ0) is 16.0. The first kappa shape index (κ1) is 16.5. The van der Waals surface area contributed by atoms with E-state index in [1.165, 1.54) is 0 Å². The topological polar surface area (TPSA) is 95.9 Å². The maximum atomic E-state index is 12.0. The number of amides is 1. The lowest BCUT2D eigenvalue weighted by Crippen LogP contribution is -2.42. The molecule has 0 unspecified atom stereocenters. The highest BCUT2D eigenvalue weighted by Gasteiger charge is 2.24. The van der Waals surface area contributed by atoms with Gasteiger partial charge in [0, 0.05) is 25.3 Å². The number of hydrogen-bond acceptors (Lipinski definition) is 5. The average molecular weight is 294 g/mol. The Balaban J connectivity index is 2.77. The first-order valence-corrected chi connectivity index (χ1v) is 6.23. The van der Waals surface area contributed by atoms with Gasteiger partial charge in [-0.3, -0.25) is 9.59 Å². The molecule has 21 heavy (non-hydrogen) atoms. The standard InChI is InChI=1S/C14H18N2O5/c1-16(2)10-6-4-9(5-7-10)13(18)15-11(14(19)20)8-12(17)21-3/h4-7,11H,8H2,1-3H3,(H,15,18)(H,19,20)/t11-/m0/s1. The number of nitrogens with zero attached hydrogens (tertiary/aromatic N) is 1. The fourth-order valence-corrected chi connectivity index (χ4v) is 1.60. The quantitative estimate of drug-likeness (QED) is 0.742. The van der Waals surface area contributed by atoms with Crippen molar-refractivity contribution >= 4 is 23.5 Å². The lowest BCUT2D eigenvalue weighted by Gasteiger charge is -2.15. The number of methoxy groups -OCH3 is 1. The highest BCUT2D eigenvalue weighted by molar-refractivity contribution is 5.97. The Morgan fingerprint density at radius 2 is 1.81 bits per heavy atom. The normalized spacial score (nSPS) is 11.4. The summed E-state index contributed by atoms with van der Waals surface area (Å²) in [6.07, 6.45) is -0.423. The Morgan fingerprint density at radius 3 is 2.24 bits per heavy atom. The number of aliphatic carboxylic acids is 1. The number of nitrogens with one attached hydrogen (secondary N) is 1. The van der Waals surface area contributed by atoms with Gasteiger partial charge in [-0.1, -0.05) is 0 Å². The number of hydrogen-bond donors (Lipinski definition) is 2. The Hall–Kier alpha value is -2.57. The predicted molar refractivity (Wildman–Crippen MR) is 76.3 cm³/mol. The first-order valence-electron chi connectivity index (χ1n) is 6.23. The van der Waals surface area contributed by atoms with E-state index in [2.05, 4.69) is 10.1 Å². The van der Waals surface area contributed by atoms with Gasteiger partial charge in [0.05, 0.1) is 13.5 Å². The summed E-state index contributed by atoms with van der Waals surface area (Å²) in [5.41, 5.74) is 1.23. The molecule has 1 atom stereocenters. The van der Waals surface area contributed by atoms with Crippen LogP contribution < -0.4 is 10.2 Å². The van der Waals surface area contributed by atoms with Gasteiger partial charge in [0.1, 0.15) is 6.04 Å². The monoisotopic (exact) mass is 294 g/mol. The molecule has 0 heterocycles. The Bertz CT molecular complexity index is 525. The molecule has 0 bridgehead atoms. The van der Waals surface area contributed by atoms with E-state index >= 15 is 0 Å². The number of carbonyl (C=O) groups excluding carboxylic acids is 2. The number of carboxylic acids is 1. The molecule has 0 aliphatic rings. The molecule has 0 spiro atoms. The minimum absolute atomic E-state index is 0.316. The van der Waals surface area contributed by atoms with E-state index in [-0.39, 0.29) is 0 Å². The van der Waals surface area contributed by atoms with Crippen LogP contribution in [0.1, 0.15) is 16.8 Å². The molecule has 0 aliphatic heterocycles. The number of carbonyl (C=O) groups is 3. The van der Waals surface area contributed by atoms with Crippen molar-refractivity contribution in [1.29, 1.82) is 0 Å². The van der Waals surface area contributed by atoms with E-state index in [1.54, 1.807) is 24.3 Å². The van der Waals surface area contributed by atoms with Crippen molar-refractivity contribution in [3.8, 4) is 0 Å². The number of anilines is 1. The molecule has 7 heteroatoms. The average Bonchev–Trinajstić information content (AvgIpc) is 2.46. The van der Waals surface area contributed by atoms with Gasteiger partial charge in [0.15, 0.2) is 0 Å². The minimum atomic E-state index is -1.32. The highest BCUT2D eigenvalue weighted by Crippen LogP contribution is 2.12. The Morgan fingerprint density at radius 1 is 1.24 bits per heavy atom. The molecule has 0 saturated heterocycles. The summed E-state index contributed by atoms with van der Waals surface area (Å²) in [5, 5.41) is 11.3. The van der Waals surface area contributed by atoms with Crippen LogP contribution in [0.25, 0.3) is 0 Å². The third-order valence-electron chi connectivity index (χ3n) is 2.85. The van der Waals surface area contributed by atoms with Crippen LogP contribution in [0.3, 0.4) is 0 Å². The largest absolute Gasteiger partial charge is 0.480 e. The summed E-state index contributed by atoms with van der Waals surface area (Å²) in [4.78, 5) is 36.0. The van der Waals surface area contributed by atoms with Gasteiger partial charge in [-0.25, -0.2) is 4.79 Å². The number of ether oxygens (including phenoxy) is 1. The Kier molecular flexibility index (Phi) is 5.71. The van der Waals surface area contributed by atoms with E-state index in [0.29, 0.717) is 5.56 Å². The summed E-state index contributed by atoms with van der Waals surface area (Å²) in [7, 11) is 4.89. The van der Waals surface area contributed by atoms with Crippen LogP contribution in [0.15, 0.2) is 24.3 Å². The second kappa shape index (κ2) is 7.28.